The Hall–Kier alpha value is -1.74. The van der Waals surface area contributed by atoms with Crippen LogP contribution in [0.2, 0.25) is 0 Å². The van der Waals surface area contributed by atoms with Crippen LogP contribution in [0.15, 0.2) is 24.3 Å². The van der Waals surface area contributed by atoms with Gasteiger partial charge in [0.1, 0.15) is 0 Å². The number of hydrogen-bond acceptors (Lipinski definition) is 3. The molecule has 1 heterocycles. The van der Waals surface area contributed by atoms with Crippen molar-refractivity contribution in [3.8, 4) is 11.4 Å². The van der Waals surface area contributed by atoms with E-state index in [2.05, 4.69) is 41.2 Å². The summed E-state index contributed by atoms with van der Waals surface area (Å²) in [5.74, 6) is 0.765. The predicted octanol–water partition coefficient (Wildman–Crippen LogP) is 2.78. The third-order valence-electron chi connectivity index (χ3n) is 3.30. The van der Waals surface area contributed by atoms with Crippen molar-refractivity contribution in [1.29, 1.82) is 0 Å². The lowest BCUT2D eigenvalue weighted by atomic mass is 10.1. The molecule has 0 amide bonds. The van der Waals surface area contributed by atoms with E-state index < -0.39 is 0 Å². The van der Waals surface area contributed by atoms with Crippen LogP contribution in [0.3, 0.4) is 0 Å². The summed E-state index contributed by atoms with van der Waals surface area (Å²) in [5, 5.41) is 0. The maximum absolute atomic E-state index is 5.72. The summed E-state index contributed by atoms with van der Waals surface area (Å²) in [6, 6.07) is 8.39. The van der Waals surface area contributed by atoms with Gasteiger partial charge in [-0.15, -0.1) is 0 Å². The van der Waals surface area contributed by atoms with Crippen molar-refractivity contribution in [2.75, 3.05) is 0 Å². The van der Waals surface area contributed by atoms with Crippen molar-refractivity contribution in [2.45, 2.75) is 33.7 Å². The van der Waals surface area contributed by atoms with E-state index in [-0.39, 0.29) is 0 Å². The van der Waals surface area contributed by atoms with Crippen LogP contribution in [-0.2, 0) is 13.0 Å². The van der Waals surface area contributed by atoms with Gasteiger partial charge in [0.25, 0.3) is 0 Å². The fraction of sp³-hybridized carbons (Fsp3) is 0.333. The van der Waals surface area contributed by atoms with Gasteiger partial charge in [0.2, 0.25) is 0 Å². The zero-order valence-corrected chi connectivity index (χ0v) is 11.2. The molecule has 0 aliphatic rings. The van der Waals surface area contributed by atoms with Crippen LogP contribution in [0.1, 0.15) is 29.4 Å². The van der Waals surface area contributed by atoms with Gasteiger partial charge in [-0.3, -0.25) is 0 Å². The van der Waals surface area contributed by atoms with Gasteiger partial charge in [-0.1, -0.05) is 31.2 Å². The third-order valence-corrected chi connectivity index (χ3v) is 3.30. The first-order valence-electron chi connectivity index (χ1n) is 6.29. The number of hydrogen-bond donors (Lipinski definition) is 1. The Morgan fingerprint density at radius 3 is 2.28 bits per heavy atom. The molecule has 2 aromatic rings. The van der Waals surface area contributed by atoms with Gasteiger partial charge < -0.3 is 5.73 Å². The first-order chi connectivity index (χ1) is 8.65. The number of nitrogens with zero attached hydrogens (tertiary/aromatic N) is 2. The van der Waals surface area contributed by atoms with Crippen LogP contribution in [0.4, 0.5) is 0 Å². The Kier molecular flexibility index (Phi) is 3.72. The molecule has 0 saturated heterocycles. The van der Waals surface area contributed by atoms with Crippen molar-refractivity contribution in [3.05, 3.63) is 46.8 Å². The fourth-order valence-electron chi connectivity index (χ4n) is 1.91. The molecule has 2 rings (SSSR count). The number of benzene rings is 1. The second-order valence-electron chi connectivity index (χ2n) is 4.46. The molecule has 1 aromatic carbocycles. The molecule has 0 atom stereocenters. The quantitative estimate of drug-likeness (QED) is 0.899. The van der Waals surface area contributed by atoms with Gasteiger partial charge in [-0.2, -0.15) is 0 Å². The fourth-order valence-corrected chi connectivity index (χ4v) is 1.91. The second kappa shape index (κ2) is 5.27. The highest BCUT2D eigenvalue weighted by atomic mass is 14.9. The van der Waals surface area contributed by atoms with Crippen LogP contribution in [-0.4, -0.2) is 9.97 Å². The molecule has 94 valence electrons. The maximum Gasteiger partial charge on any atom is 0.159 e. The smallest absolute Gasteiger partial charge is 0.159 e. The topological polar surface area (TPSA) is 51.8 Å². The lowest BCUT2D eigenvalue weighted by Crippen LogP contribution is -2.07. The molecular weight excluding hydrogens is 222 g/mol. The van der Waals surface area contributed by atoms with E-state index in [9.17, 15) is 0 Å². The van der Waals surface area contributed by atoms with Crippen molar-refractivity contribution in [1.82, 2.24) is 9.97 Å². The van der Waals surface area contributed by atoms with Gasteiger partial charge in [-0.25, -0.2) is 9.97 Å². The van der Waals surface area contributed by atoms with E-state index in [4.69, 9.17) is 5.73 Å². The molecule has 0 fully saturated rings. The zero-order valence-electron chi connectivity index (χ0n) is 11.2. The minimum absolute atomic E-state index is 0.454. The van der Waals surface area contributed by atoms with Crippen molar-refractivity contribution >= 4 is 0 Å². The second-order valence-corrected chi connectivity index (χ2v) is 4.46. The van der Waals surface area contributed by atoms with Crippen LogP contribution < -0.4 is 5.73 Å². The van der Waals surface area contributed by atoms with E-state index in [1.807, 2.05) is 13.8 Å². The Morgan fingerprint density at radius 2 is 1.72 bits per heavy atom. The first-order valence-corrected chi connectivity index (χ1v) is 6.29. The largest absolute Gasteiger partial charge is 0.325 e. The predicted molar refractivity (Wildman–Crippen MR) is 74.2 cm³/mol. The normalized spacial score (nSPS) is 10.7. The highest BCUT2D eigenvalue weighted by molar-refractivity contribution is 5.56. The molecular formula is C15H19N3. The Morgan fingerprint density at radius 1 is 1.06 bits per heavy atom. The number of aryl methyl sites for hydroxylation is 2. The third kappa shape index (κ3) is 2.41. The van der Waals surface area contributed by atoms with Gasteiger partial charge >= 0.3 is 0 Å². The van der Waals surface area contributed by atoms with Gasteiger partial charge in [0.05, 0.1) is 5.69 Å². The summed E-state index contributed by atoms with van der Waals surface area (Å²) in [7, 11) is 0. The van der Waals surface area contributed by atoms with E-state index in [0.717, 1.165) is 34.8 Å². The SMILES string of the molecule is CCc1ccc(-c2nc(C)c(C)c(CN)n2)cc1. The molecule has 0 radical (unpaired) electrons. The molecule has 0 saturated carbocycles. The molecule has 18 heavy (non-hydrogen) atoms. The Bertz CT molecular complexity index is 544. The van der Waals surface area contributed by atoms with E-state index >= 15 is 0 Å². The average molecular weight is 241 g/mol. The number of rotatable bonds is 3. The average Bonchev–Trinajstić information content (AvgIpc) is 2.42. The van der Waals surface area contributed by atoms with Crippen LogP contribution in [0, 0.1) is 13.8 Å². The number of nitrogens with two attached hydrogens (primary N) is 1. The first kappa shape index (κ1) is 12.7. The molecule has 0 bridgehead atoms. The highest BCUT2D eigenvalue weighted by Gasteiger charge is 2.08. The molecule has 2 N–H and O–H groups in total. The lowest BCUT2D eigenvalue weighted by Gasteiger charge is -2.09. The van der Waals surface area contributed by atoms with Crippen molar-refractivity contribution < 1.29 is 0 Å². The zero-order chi connectivity index (χ0) is 13.1. The van der Waals surface area contributed by atoms with Gasteiger partial charge in [0.15, 0.2) is 5.82 Å². The standard InChI is InChI=1S/C15H19N3/c1-4-12-5-7-13(8-6-12)15-17-11(3)10(2)14(9-16)18-15/h5-8H,4,9,16H2,1-3H3. The monoisotopic (exact) mass is 241 g/mol. The minimum Gasteiger partial charge on any atom is -0.325 e. The van der Waals surface area contributed by atoms with Gasteiger partial charge in [-0.05, 0) is 31.4 Å². The lowest BCUT2D eigenvalue weighted by molar-refractivity contribution is 0.926. The number of aromatic nitrogens is 2. The summed E-state index contributed by atoms with van der Waals surface area (Å²) in [5.41, 5.74) is 11.1. The molecule has 0 unspecified atom stereocenters. The van der Waals surface area contributed by atoms with E-state index in [1.54, 1.807) is 0 Å². The Balaban J connectivity index is 2.46. The summed E-state index contributed by atoms with van der Waals surface area (Å²) in [6.45, 7) is 6.62. The van der Waals surface area contributed by atoms with Crippen molar-refractivity contribution in [2.24, 2.45) is 5.73 Å². The highest BCUT2D eigenvalue weighted by Crippen LogP contribution is 2.19. The molecule has 3 nitrogen and oxygen atoms in total. The van der Waals surface area contributed by atoms with Crippen molar-refractivity contribution in [3.63, 3.8) is 0 Å². The van der Waals surface area contributed by atoms with E-state index in [0.29, 0.717) is 6.54 Å². The van der Waals surface area contributed by atoms with Crippen LogP contribution in [0.25, 0.3) is 11.4 Å². The summed E-state index contributed by atoms with van der Waals surface area (Å²) >= 11 is 0. The van der Waals surface area contributed by atoms with Gasteiger partial charge in [0, 0.05) is 17.8 Å². The summed E-state index contributed by atoms with van der Waals surface area (Å²) in [6.07, 6.45) is 1.04. The summed E-state index contributed by atoms with van der Waals surface area (Å²) < 4.78 is 0. The molecule has 0 aliphatic carbocycles. The molecule has 0 aliphatic heterocycles. The maximum atomic E-state index is 5.72. The van der Waals surface area contributed by atoms with Crippen LogP contribution in [0.5, 0.6) is 0 Å². The minimum atomic E-state index is 0.454. The summed E-state index contributed by atoms with van der Waals surface area (Å²) in [4.78, 5) is 9.08. The molecule has 3 heteroatoms. The Labute approximate surface area is 108 Å². The van der Waals surface area contributed by atoms with E-state index in [1.165, 1.54) is 5.56 Å². The van der Waals surface area contributed by atoms with Crippen LogP contribution >= 0.6 is 0 Å². The molecule has 1 aromatic heterocycles. The molecule has 0 spiro atoms.